The molecule has 0 radical (unpaired) electrons. The first-order chi connectivity index (χ1) is 10.1. The van der Waals surface area contributed by atoms with E-state index in [0.717, 1.165) is 0 Å². The van der Waals surface area contributed by atoms with Crippen molar-refractivity contribution in [3.63, 3.8) is 0 Å². The number of rotatable bonds is 5. The summed E-state index contributed by atoms with van der Waals surface area (Å²) in [6, 6.07) is 1.09. The van der Waals surface area contributed by atoms with Crippen LogP contribution in [0.2, 0.25) is 0 Å². The molecule has 2 N–H and O–H groups in total. The Hall–Kier alpha value is -1.93. The number of carbonyl (C=O) groups is 3. The summed E-state index contributed by atoms with van der Waals surface area (Å²) in [6.07, 6.45) is 0.521. The van der Waals surface area contributed by atoms with Gasteiger partial charge >= 0.3 is 5.97 Å². The maximum absolute atomic E-state index is 12.4. The summed E-state index contributed by atoms with van der Waals surface area (Å²) in [7, 11) is 2.97. The lowest BCUT2D eigenvalue weighted by Crippen LogP contribution is -2.44. The summed E-state index contributed by atoms with van der Waals surface area (Å²) in [4.78, 5) is 37.1. The molecule has 1 unspecified atom stereocenters. The summed E-state index contributed by atoms with van der Waals surface area (Å²) in [5, 5.41) is 7.72. The van der Waals surface area contributed by atoms with Crippen LogP contribution in [-0.2, 0) is 14.3 Å². The maximum atomic E-state index is 12.4. The largest absolute Gasteiger partial charge is 0.465 e. The number of carbonyl (C=O) groups excluding carboxylic acids is 3. The zero-order chi connectivity index (χ0) is 15.4. The number of esters is 1. The quantitative estimate of drug-likeness (QED) is 0.746. The van der Waals surface area contributed by atoms with Gasteiger partial charge in [0.05, 0.1) is 19.2 Å². The highest BCUT2D eigenvalue weighted by Gasteiger charge is 2.35. The van der Waals surface area contributed by atoms with E-state index in [1.54, 1.807) is 18.5 Å². The minimum Gasteiger partial charge on any atom is -0.465 e. The van der Waals surface area contributed by atoms with Gasteiger partial charge in [0, 0.05) is 6.54 Å². The van der Waals surface area contributed by atoms with Crippen molar-refractivity contribution in [2.24, 2.45) is 0 Å². The van der Waals surface area contributed by atoms with Crippen LogP contribution < -0.4 is 15.5 Å². The topological polar surface area (TPSA) is 87.7 Å². The molecule has 0 aliphatic carbocycles. The first kappa shape index (κ1) is 15.5. The number of amides is 2. The standard InChI is InChI=1S/C13H17N3O4S/c1-14-7-10(17)15-9-3-5-16(11(9)18)12-8(4-6-21-12)13(19)20-2/h4,6,9,14H,3,5,7H2,1-2H3,(H,15,17). The summed E-state index contributed by atoms with van der Waals surface area (Å²) in [5.41, 5.74) is 0.373. The predicted molar refractivity (Wildman–Crippen MR) is 78.5 cm³/mol. The van der Waals surface area contributed by atoms with Gasteiger partial charge in [-0.3, -0.25) is 9.59 Å². The fraction of sp³-hybridized carbons (Fsp3) is 0.462. The Morgan fingerprint density at radius 3 is 2.95 bits per heavy atom. The minimum atomic E-state index is -0.543. The number of hydrogen-bond acceptors (Lipinski definition) is 6. The molecule has 1 atom stereocenters. The molecule has 1 fully saturated rings. The highest BCUT2D eigenvalue weighted by molar-refractivity contribution is 7.14. The smallest absolute Gasteiger partial charge is 0.340 e. The molecule has 2 heterocycles. The van der Waals surface area contributed by atoms with Gasteiger partial charge < -0.3 is 20.3 Å². The maximum Gasteiger partial charge on any atom is 0.340 e. The van der Waals surface area contributed by atoms with E-state index in [1.807, 2.05) is 0 Å². The Morgan fingerprint density at radius 2 is 2.29 bits per heavy atom. The van der Waals surface area contributed by atoms with Crippen LogP contribution in [0.4, 0.5) is 5.00 Å². The van der Waals surface area contributed by atoms with E-state index in [-0.39, 0.29) is 18.4 Å². The Bertz CT molecular complexity index is 557. The molecule has 1 saturated heterocycles. The molecule has 1 aliphatic rings. The van der Waals surface area contributed by atoms with Crippen molar-refractivity contribution < 1.29 is 19.1 Å². The van der Waals surface area contributed by atoms with E-state index in [1.165, 1.54) is 23.3 Å². The normalized spacial score (nSPS) is 17.9. The van der Waals surface area contributed by atoms with Crippen LogP contribution in [0.1, 0.15) is 16.8 Å². The summed E-state index contributed by atoms with van der Waals surface area (Å²) >= 11 is 1.30. The molecule has 1 aromatic heterocycles. The van der Waals surface area contributed by atoms with Gasteiger partial charge in [-0.05, 0) is 24.9 Å². The summed E-state index contributed by atoms with van der Waals surface area (Å²) in [6.45, 7) is 0.629. The first-order valence-electron chi connectivity index (χ1n) is 6.49. The highest BCUT2D eigenvalue weighted by Crippen LogP contribution is 2.31. The molecule has 2 amide bonds. The fourth-order valence-corrected chi connectivity index (χ4v) is 3.12. The number of hydrogen-bond donors (Lipinski definition) is 2. The number of likely N-dealkylation sites (N-methyl/N-ethyl adjacent to an activating group) is 1. The first-order valence-corrected chi connectivity index (χ1v) is 7.37. The average Bonchev–Trinajstić information content (AvgIpc) is 3.06. The number of methoxy groups -OCH3 is 1. The number of thiophene rings is 1. The van der Waals surface area contributed by atoms with E-state index in [4.69, 9.17) is 4.74 Å². The van der Waals surface area contributed by atoms with Crippen LogP contribution in [0, 0.1) is 0 Å². The molecule has 0 bridgehead atoms. The van der Waals surface area contributed by atoms with Gasteiger partial charge in [-0.1, -0.05) is 0 Å². The lowest BCUT2D eigenvalue weighted by molar-refractivity contribution is -0.125. The van der Waals surface area contributed by atoms with Gasteiger partial charge in [0.15, 0.2) is 0 Å². The van der Waals surface area contributed by atoms with Crippen LogP contribution in [-0.4, -0.2) is 51.1 Å². The monoisotopic (exact) mass is 311 g/mol. The molecule has 2 rings (SSSR count). The van der Waals surface area contributed by atoms with E-state index in [9.17, 15) is 14.4 Å². The van der Waals surface area contributed by atoms with Crippen molar-refractivity contribution in [3.8, 4) is 0 Å². The van der Waals surface area contributed by atoms with Crippen LogP contribution in [0.5, 0.6) is 0 Å². The second-order valence-corrected chi connectivity index (χ2v) is 5.45. The Kier molecular flexibility index (Phi) is 4.92. The fourth-order valence-electron chi connectivity index (χ4n) is 2.20. The third-order valence-electron chi connectivity index (χ3n) is 3.17. The van der Waals surface area contributed by atoms with Crippen molar-refractivity contribution in [1.82, 2.24) is 10.6 Å². The molecule has 0 spiro atoms. The van der Waals surface area contributed by atoms with Gasteiger partial charge in [0.25, 0.3) is 0 Å². The molecule has 0 aromatic carbocycles. The van der Waals surface area contributed by atoms with Crippen LogP contribution in [0.3, 0.4) is 0 Å². The van der Waals surface area contributed by atoms with E-state index in [0.29, 0.717) is 23.5 Å². The van der Waals surface area contributed by atoms with Crippen molar-refractivity contribution >= 4 is 34.1 Å². The highest BCUT2D eigenvalue weighted by atomic mass is 32.1. The van der Waals surface area contributed by atoms with Gasteiger partial charge in [-0.25, -0.2) is 4.79 Å². The molecular formula is C13H17N3O4S. The van der Waals surface area contributed by atoms with Gasteiger partial charge in [-0.15, -0.1) is 11.3 Å². The summed E-state index contributed by atoms with van der Waals surface area (Å²) < 4.78 is 4.71. The Balaban J connectivity index is 2.10. The van der Waals surface area contributed by atoms with Crippen LogP contribution in [0.25, 0.3) is 0 Å². The van der Waals surface area contributed by atoms with Crippen molar-refractivity contribution in [3.05, 3.63) is 17.0 Å². The molecule has 114 valence electrons. The van der Waals surface area contributed by atoms with Gasteiger partial charge in [0.2, 0.25) is 11.8 Å². The lowest BCUT2D eigenvalue weighted by atomic mass is 10.2. The molecular weight excluding hydrogens is 294 g/mol. The zero-order valence-corrected chi connectivity index (χ0v) is 12.7. The van der Waals surface area contributed by atoms with Gasteiger partial charge in [0.1, 0.15) is 11.0 Å². The molecule has 1 aliphatic heterocycles. The third kappa shape index (κ3) is 3.22. The lowest BCUT2D eigenvalue weighted by Gasteiger charge is -2.16. The minimum absolute atomic E-state index is 0.163. The second kappa shape index (κ2) is 6.68. The van der Waals surface area contributed by atoms with E-state index >= 15 is 0 Å². The number of nitrogens with one attached hydrogen (secondary N) is 2. The summed E-state index contributed by atoms with van der Waals surface area (Å²) in [5.74, 6) is -0.897. The Morgan fingerprint density at radius 1 is 1.52 bits per heavy atom. The molecule has 7 nitrogen and oxygen atoms in total. The van der Waals surface area contributed by atoms with Gasteiger partial charge in [-0.2, -0.15) is 0 Å². The Labute approximate surface area is 126 Å². The molecule has 21 heavy (non-hydrogen) atoms. The third-order valence-corrected chi connectivity index (χ3v) is 4.11. The van der Waals surface area contributed by atoms with Crippen molar-refractivity contribution in [1.29, 1.82) is 0 Å². The SMILES string of the molecule is CNCC(=O)NC1CCN(c2sccc2C(=O)OC)C1=O. The van der Waals surface area contributed by atoms with Crippen molar-refractivity contribution in [2.45, 2.75) is 12.5 Å². The van der Waals surface area contributed by atoms with E-state index in [2.05, 4.69) is 10.6 Å². The van der Waals surface area contributed by atoms with E-state index < -0.39 is 12.0 Å². The zero-order valence-electron chi connectivity index (χ0n) is 11.8. The number of anilines is 1. The molecule has 8 heteroatoms. The molecule has 1 aromatic rings. The molecule has 0 saturated carbocycles. The second-order valence-electron chi connectivity index (χ2n) is 4.56. The average molecular weight is 311 g/mol. The number of ether oxygens (including phenoxy) is 1. The van der Waals surface area contributed by atoms with Crippen molar-refractivity contribution in [2.75, 3.05) is 32.1 Å². The predicted octanol–water partition coefficient (Wildman–Crippen LogP) is -0.0244. The van der Waals surface area contributed by atoms with Crippen LogP contribution >= 0.6 is 11.3 Å². The van der Waals surface area contributed by atoms with Crippen LogP contribution in [0.15, 0.2) is 11.4 Å². The number of nitrogens with zero attached hydrogens (tertiary/aromatic N) is 1.